The number of sulfonamides is 1. The summed E-state index contributed by atoms with van der Waals surface area (Å²) in [5.74, 6) is -0.0187. The van der Waals surface area contributed by atoms with Gasteiger partial charge in [-0.1, -0.05) is 42.5 Å². The molecule has 1 aliphatic heterocycles. The largest absolute Gasteiger partial charge is 0.339 e. The highest BCUT2D eigenvalue weighted by Crippen LogP contribution is 2.22. The Balaban J connectivity index is 1.60. The molecule has 7 nitrogen and oxygen atoms in total. The van der Waals surface area contributed by atoms with Gasteiger partial charge in [0.15, 0.2) is 0 Å². The first-order chi connectivity index (χ1) is 14.3. The Labute approximate surface area is 178 Å². The molecule has 0 aliphatic carbocycles. The van der Waals surface area contributed by atoms with Crippen LogP contribution in [-0.4, -0.2) is 68.2 Å². The molecule has 2 aromatic rings. The Morgan fingerprint density at radius 3 is 2.30 bits per heavy atom. The first-order valence-corrected chi connectivity index (χ1v) is 11.3. The minimum Gasteiger partial charge on any atom is -0.339 e. The van der Waals surface area contributed by atoms with Crippen molar-refractivity contribution in [1.29, 1.82) is 5.26 Å². The molecule has 1 atom stereocenters. The van der Waals surface area contributed by atoms with Gasteiger partial charge in [0.25, 0.3) is 0 Å². The summed E-state index contributed by atoms with van der Waals surface area (Å²) >= 11 is 0. The van der Waals surface area contributed by atoms with Gasteiger partial charge in [-0.05, 0) is 31.7 Å². The van der Waals surface area contributed by atoms with Crippen molar-refractivity contribution in [2.24, 2.45) is 0 Å². The highest BCUT2D eigenvalue weighted by Gasteiger charge is 2.32. The van der Waals surface area contributed by atoms with E-state index in [1.807, 2.05) is 48.3 Å². The van der Waals surface area contributed by atoms with Crippen molar-refractivity contribution < 1.29 is 13.2 Å². The van der Waals surface area contributed by atoms with E-state index in [1.54, 1.807) is 17.0 Å². The number of nitriles is 1. The van der Waals surface area contributed by atoms with E-state index in [2.05, 4.69) is 6.92 Å². The molecule has 0 spiro atoms. The van der Waals surface area contributed by atoms with Gasteiger partial charge in [0, 0.05) is 32.2 Å². The number of hydrogen-bond donors (Lipinski definition) is 0. The van der Waals surface area contributed by atoms with E-state index < -0.39 is 10.0 Å². The van der Waals surface area contributed by atoms with E-state index in [4.69, 9.17) is 0 Å². The molecule has 1 amide bonds. The van der Waals surface area contributed by atoms with Gasteiger partial charge in [0.05, 0.1) is 17.0 Å². The van der Waals surface area contributed by atoms with Crippen molar-refractivity contribution in [2.75, 3.05) is 39.8 Å². The SMILES string of the molecule is CC(c1ccccc1)N(C)CC(=O)N1CCN(S(=O)(=O)c2ccccc2C#N)CC1. The Bertz CT molecular complexity index is 1030. The van der Waals surface area contributed by atoms with Gasteiger partial charge in [0.1, 0.15) is 6.07 Å². The first-order valence-electron chi connectivity index (χ1n) is 9.87. The molecule has 1 saturated heterocycles. The predicted octanol–water partition coefficient (Wildman–Crippen LogP) is 2.08. The van der Waals surface area contributed by atoms with Crippen LogP contribution in [0, 0.1) is 11.3 Å². The number of nitrogens with zero attached hydrogens (tertiary/aromatic N) is 4. The first kappa shape index (κ1) is 22.0. The molecule has 0 N–H and O–H groups in total. The summed E-state index contributed by atoms with van der Waals surface area (Å²) in [6, 6.07) is 18.2. The lowest BCUT2D eigenvalue weighted by Crippen LogP contribution is -2.52. The third-order valence-corrected chi connectivity index (χ3v) is 7.50. The van der Waals surface area contributed by atoms with Gasteiger partial charge in [-0.15, -0.1) is 0 Å². The second-order valence-corrected chi connectivity index (χ2v) is 9.30. The van der Waals surface area contributed by atoms with Crippen molar-refractivity contribution in [1.82, 2.24) is 14.1 Å². The molecular formula is C22H26N4O3S. The van der Waals surface area contributed by atoms with Crippen LogP contribution in [0.25, 0.3) is 0 Å². The zero-order chi connectivity index (χ0) is 21.7. The third-order valence-electron chi connectivity index (χ3n) is 5.54. The van der Waals surface area contributed by atoms with E-state index in [0.717, 1.165) is 5.56 Å². The molecular weight excluding hydrogens is 400 g/mol. The fourth-order valence-electron chi connectivity index (χ4n) is 3.54. The van der Waals surface area contributed by atoms with E-state index in [0.29, 0.717) is 13.1 Å². The number of benzene rings is 2. The number of piperazine rings is 1. The summed E-state index contributed by atoms with van der Waals surface area (Å²) in [5.41, 5.74) is 1.27. The van der Waals surface area contributed by atoms with Crippen LogP contribution in [0.15, 0.2) is 59.5 Å². The zero-order valence-corrected chi connectivity index (χ0v) is 18.0. The molecule has 0 aromatic heterocycles. The van der Waals surface area contributed by atoms with Crippen LogP contribution in [0.1, 0.15) is 24.1 Å². The van der Waals surface area contributed by atoms with Crippen LogP contribution in [0.5, 0.6) is 0 Å². The molecule has 0 radical (unpaired) electrons. The van der Waals surface area contributed by atoms with E-state index in [9.17, 15) is 18.5 Å². The van der Waals surface area contributed by atoms with Crippen LogP contribution in [0.3, 0.4) is 0 Å². The molecule has 8 heteroatoms. The minimum atomic E-state index is -3.76. The number of rotatable bonds is 6. The van der Waals surface area contributed by atoms with Crippen molar-refractivity contribution in [3.05, 3.63) is 65.7 Å². The average molecular weight is 427 g/mol. The quantitative estimate of drug-likeness (QED) is 0.706. The van der Waals surface area contributed by atoms with Gasteiger partial charge in [-0.2, -0.15) is 9.57 Å². The summed E-state index contributed by atoms with van der Waals surface area (Å²) in [7, 11) is -1.85. The van der Waals surface area contributed by atoms with Gasteiger partial charge in [0.2, 0.25) is 15.9 Å². The van der Waals surface area contributed by atoms with Crippen LogP contribution < -0.4 is 0 Å². The Kier molecular flexibility index (Phi) is 6.87. The van der Waals surface area contributed by atoms with Gasteiger partial charge >= 0.3 is 0 Å². The fraction of sp³-hybridized carbons (Fsp3) is 0.364. The van der Waals surface area contributed by atoms with E-state index in [-0.39, 0.29) is 42.0 Å². The second-order valence-electron chi connectivity index (χ2n) is 7.39. The smallest absolute Gasteiger partial charge is 0.244 e. The summed E-state index contributed by atoms with van der Waals surface area (Å²) in [6.45, 7) is 3.41. The van der Waals surface area contributed by atoms with Crippen molar-refractivity contribution in [2.45, 2.75) is 17.9 Å². The number of carbonyl (C=O) groups excluding carboxylic acids is 1. The summed E-state index contributed by atoms with van der Waals surface area (Å²) in [6.07, 6.45) is 0. The Hall–Kier alpha value is -2.73. The van der Waals surface area contributed by atoms with Crippen LogP contribution >= 0.6 is 0 Å². The van der Waals surface area contributed by atoms with E-state index in [1.165, 1.54) is 16.4 Å². The molecule has 158 valence electrons. The topological polar surface area (TPSA) is 84.7 Å². The highest BCUT2D eigenvalue weighted by atomic mass is 32.2. The average Bonchev–Trinajstić information content (AvgIpc) is 2.79. The monoisotopic (exact) mass is 426 g/mol. The summed E-state index contributed by atoms with van der Waals surface area (Å²) in [4.78, 5) is 16.5. The number of carbonyl (C=O) groups is 1. The summed E-state index contributed by atoms with van der Waals surface area (Å²) < 4.78 is 27.2. The highest BCUT2D eigenvalue weighted by molar-refractivity contribution is 7.89. The van der Waals surface area contributed by atoms with E-state index >= 15 is 0 Å². The van der Waals surface area contributed by atoms with Gasteiger partial charge in [-0.25, -0.2) is 8.42 Å². The molecule has 3 rings (SSSR count). The molecule has 0 saturated carbocycles. The number of amides is 1. The number of likely N-dealkylation sites (N-methyl/N-ethyl adjacent to an activating group) is 1. The van der Waals surface area contributed by atoms with Crippen LogP contribution in [0.2, 0.25) is 0 Å². The summed E-state index contributed by atoms with van der Waals surface area (Å²) in [5, 5.41) is 9.22. The molecule has 2 aromatic carbocycles. The van der Waals surface area contributed by atoms with Crippen molar-refractivity contribution in [3.8, 4) is 6.07 Å². The van der Waals surface area contributed by atoms with Crippen LogP contribution in [0.4, 0.5) is 0 Å². The fourth-order valence-corrected chi connectivity index (χ4v) is 5.10. The molecule has 1 unspecified atom stereocenters. The lowest BCUT2D eigenvalue weighted by Gasteiger charge is -2.35. The van der Waals surface area contributed by atoms with Gasteiger partial charge in [-0.3, -0.25) is 9.69 Å². The maximum atomic E-state index is 12.9. The lowest BCUT2D eigenvalue weighted by atomic mass is 10.1. The molecule has 1 fully saturated rings. The molecule has 0 bridgehead atoms. The maximum Gasteiger partial charge on any atom is 0.244 e. The van der Waals surface area contributed by atoms with Gasteiger partial charge < -0.3 is 4.90 Å². The third kappa shape index (κ3) is 4.70. The second kappa shape index (κ2) is 9.39. The van der Waals surface area contributed by atoms with Crippen molar-refractivity contribution >= 4 is 15.9 Å². The minimum absolute atomic E-state index is 0.0173. The van der Waals surface area contributed by atoms with Crippen molar-refractivity contribution in [3.63, 3.8) is 0 Å². The maximum absolute atomic E-state index is 12.9. The standard InChI is InChI=1S/C22H26N4O3S/c1-18(19-8-4-3-5-9-19)24(2)17-22(27)25-12-14-26(15-13-25)30(28,29)21-11-7-6-10-20(21)16-23/h3-11,18H,12-15,17H2,1-2H3. The molecule has 30 heavy (non-hydrogen) atoms. The lowest BCUT2D eigenvalue weighted by molar-refractivity contribution is -0.133. The predicted molar refractivity (Wildman–Crippen MR) is 114 cm³/mol. The zero-order valence-electron chi connectivity index (χ0n) is 17.2. The number of hydrogen-bond acceptors (Lipinski definition) is 5. The Morgan fingerprint density at radius 1 is 1.07 bits per heavy atom. The Morgan fingerprint density at radius 2 is 1.67 bits per heavy atom. The molecule has 1 heterocycles. The normalized spacial score (nSPS) is 16.3. The van der Waals surface area contributed by atoms with Crippen LogP contribution in [-0.2, 0) is 14.8 Å². The molecule has 1 aliphatic rings.